The minimum atomic E-state index is 0.232. The predicted molar refractivity (Wildman–Crippen MR) is 107 cm³/mol. The number of nitrogens with zero attached hydrogens (tertiary/aromatic N) is 2. The molecule has 0 aromatic heterocycles. The molecule has 144 valence electrons. The largest absolute Gasteiger partial charge is 0.382 e. The third-order valence-corrected chi connectivity index (χ3v) is 4.47. The molecule has 1 aromatic rings. The Bertz CT molecular complexity index is 572. The number of guanidine groups is 1. The van der Waals surface area contributed by atoms with Crippen molar-refractivity contribution in [2.75, 3.05) is 38.3 Å². The Kier molecular flexibility index (Phi) is 8.96. The number of piperidine rings is 1. The lowest BCUT2D eigenvalue weighted by atomic mass is 10.1. The summed E-state index contributed by atoms with van der Waals surface area (Å²) in [6, 6.07) is 8.20. The van der Waals surface area contributed by atoms with E-state index < -0.39 is 0 Å². The van der Waals surface area contributed by atoms with Crippen LogP contribution < -0.4 is 15.5 Å². The van der Waals surface area contributed by atoms with Crippen LogP contribution in [-0.2, 0) is 16.1 Å². The summed E-state index contributed by atoms with van der Waals surface area (Å²) in [5.41, 5.74) is 2.16. The number of anilines is 1. The third-order valence-electron chi connectivity index (χ3n) is 4.47. The number of aliphatic imine (C=N–C) groups is 1. The highest BCUT2D eigenvalue weighted by Crippen LogP contribution is 2.21. The Hall–Kier alpha value is -2.08. The Morgan fingerprint density at radius 1 is 1.19 bits per heavy atom. The van der Waals surface area contributed by atoms with E-state index in [4.69, 9.17) is 4.74 Å². The summed E-state index contributed by atoms with van der Waals surface area (Å²) in [6.45, 7) is 6.02. The van der Waals surface area contributed by atoms with E-state index in [1.807, 2.05) is 24.0 Å². The molecule has 1 saturated heterocycles. The van der Waals surface area contributed by atoms with Crippen molar-refractivity contribution in [3.63, 3.8) is 0 Å². The Balaban J connectivity index is 1.73. The van der Waals surface area contributed by atoms with Gasteiger partial charge in [0.1, 0.15) is 0 Å². The van der Waals surface area contributed by atoms with Crippen molar-refractivity contribution in [1.82, 2.24) is 10.6 Å². The smallest absolute Gasteiger partial charge is 0.226 e. The molecule has 0 unspecified atom stereocenters. The second kappa shape index (κ2) is 11.5. The monoisotopic (exact) mass is 360 g/mol. The highest BCUT2D eigenvalue weighted by Gasteiger charge is 2.19. The van der Waals surface area contributed by atoms with Gasteiger partial charge in [0, 0.05) is 52.0 Å². The minimum Gasteiger partial charge on any atom is -0.382 e. The zero-order valence-electron chi connectivity index (χ0n) is 16.1. The molecule has 0 saturated carbocycles. The topological polar surface area (TPSA) is 66.0 Å². The van der Waals surface area contributed by atoms with Crippen LogP contribution >= 0.6 is 0 Å². The number of ether oxygens (including phenoxy) is 1. The molecule has 1 fully saturated rings. The number of amides is 1. The van der Waals surface area contributed by atoms with Gasteiger partial charge in [-0.2, -0.15) is 0 Å². The summed E-state index contributed by atoms with van der Waals surface area (Å²) in [5, 5.41) is 6.64. The molecule has 0 spiro atoms. The van der Waals surface area contributed by atoms with Gasteiger partial charge in [-0.1, -0.05) is 12.1 Å². The normalized spacial score (nSPS) is 15.2. The molecule has 2 rings (SSSR count). The predicted octanol–water partition coefficient (Wildman–Crippen LogP) is 2.69. The lowest BCUT2D eigenvalue weighted by molar-refractivity contribution is -0.119. The number of benzene rings is 1. The average molecular weight is 361 g/mol. The summed E-state index contributed by atoms with van der Waals surface area (Å²) < 4.78 is 5.33. The summed E-state index contributed by atoms with van der Waals surface area (Å²) in [7, 11) is 1.78. The van der Waals surface area contributed by atoms with Crippen molar-refractivity contribution in [2.24, 2.45) is 4.99 Å². The van der Waals surface area contributed by atoms with E-state index in [1.165, 1.54) is 0 Å². The highest BCUT2D eigenvalue weighted by molar-refractivity contribution is 5.93. The van der Waals surface area contributed by atoms with Crippen LogP contribution in [0.15, 0.2) is 29.3 Å². The van der Waals surface area contributed by atoms with E-state index in [-0.39, 0.29) is 5.91 Å². The number of rotatable bonds is 9. The van der Waals surface area contributed by atoms with Gasteiger partial charge >= 0.3 is 0 Å². The first-order chi connectivity index (χ1) is 12.7. The van der Waals surface area contributed by atoms with Crippen molar-refractivity contribution in [1.29, 1.82) is 0 Å². The molecule has 1 amide bonds. The van der Waals surface area contributed by atoms with Crippen molar-refractivity contribution in [3.05, 3.63) is 29.8 Å². The molecule has 1 aliphatic heterocycles. The van der Waals surface area contributed by atoms with E-state index in [0.717, 1.165) is 69.2 Å². The number of unbranched alkanes of at least 4 members (excludes halogenated alkanes) is 1. The summed E-state index contributed by atoms with van der Waals surface area (Å²) >= 11 is 0. The maximum Gasteiger partial charge on any atom is 0.226 e. The van der Waals surface area contributed by atoms with Gasteiger partial charge in [0.2, 0.25) is 5.91 Å². The molecule has 1 heterocycles. The number of carbonyl (C=O) groups excluding carboxylic acids is 1. The van der Waals surface area contributed by atoms with Crippen molar-refractivity contribution in [3.8, 4) is 0 Å². The van der Waals surface area contributed by atoms with Crippen LogP contribution in [0, 0.1) is 0 Å². The lowest BCUT2D eigenvalue weighted by Gasteiger charge is -2.26. The molecule has 0 bridgehead atoms. The van der Waals surface area contributed by atoms with Crippen molar-refractivity contribution >= 4 is 17.6 Å². The molecule has 6 nitrogen and oxygen atoms in total. The van der Waals surface area contributed by atoms with Crippen molar-refractivity contribution < 1.29 is 9.53 Å². The van der Waals surface area contributed by atoms with E-state index in [9.17, 15) is 4.79 Å². The van der Waals surface area contributed by atoms with Gasteiger partial charge in [0.25, 0.3) is 0 Å². The molecular formula is C20H32N4O2. The van der Waals surface area contributed by atoms with Gasteiger partial charge in [-0.15, -0.1) is 0 Å². The lowest BCUT2D eigenvalue weighted by Crippen LogP contribution is -2.37. The minimum absolute atomic E-state index is 0.232. The molecule has 6 heteroatoms. The van der Waals surface area contributed by atoms with Crippen LogP contribution in [-0.4, -0.2) is 45.2 Å². The number of hydrogen-bond acceptors (Lipinski definition) is 3. The van der Waals surface area contributed by atoms with E-state index >= 15 is 0 Å². The highest BCUT2D eigenvalue weighted by atomic mass is 16.5. The quantitative estimate of drug-likeness (QED) is 0.404. The number of carbonyl (C=O) groups is 1. The SMILES string of the molecule is CCOCCCCNC(=NC)NCc1ccc(N2CCCCC2=O)cc1. The first kappa shape index (κ1) is 20.2. The molecule has 0 atom stereocenters. The molecule has 0 aliphatic carbocycles. The standard InChI is InChI=1S/C20H32N4O2/c1-3-26-15-7-5-13-22-20(21-2)23-16-17-9-11-18(12-10-17)24-14-6-4-8-19(24)25/h9-12H,3-8,13-16H2,1-2H3,(H2,21,22,23). The third kappa shape index (κ3) is 6.67. The number of nitrogens with one attached hydrogen (secondary N) is 2. The number of hydrogen-bond donors (Lipinski definition) is 2. The second-order valence-electron chi connectivity index (χ2n) is 6.43. The maximum atomic E-state index is 12.0. The Morgan fingerprint density at radius 3 is 2.69 bits per heavy atom. The van der Waals surface area contributed by atoms with Gasteiger partial charge in [-0.05, 0) is 50.3 Å². The summed E-state index contributed by atoms with van der Waals surface area (Å²) in [4.78, 5) is 18.1. The molecule has 1 aliphatic rings. The van der Waals surface area contributed by atoms with Gasteiger partial charge in [-0.3, -0.25) is 9.79 Å². The van der Waals surface area contributed by atoms with Crippen LogP contribution in [0.3, 0.4) is 0 Å². The molecular weight excluding hydrogens is 328 g/mol. The van der Waals surface area contributed by atoms with Crippen LogP contribution in [0.4, 0.5) is 5.69 Å². The molecule has 1 aromatic carbocycles. The maximum absolute atomic E-state index is 12.0. The van der Waals surface area contributed by atoms with Gasteiger partial charge < -0.3 is 20.3 Å². The Labute approximate surface area is 157 Å². The molecule has 26 heavy (non-hydrogen) atoms. The second-order valence-corrected chi connectivity index (χ2v) is 6.43. The fourth-order valence-corrected chi connectivity index (χ4v) is 2.96. The fourth-order valence-electron chi connectivity index (χ4n) is 2.96. The molecule has 2 N–H and O–H groups in total. The average Bonchev–Trinajstić information content (AvgIpc) is 2.68. The van der Waals surface area contributed by atoms with E-state index in [0.29, 0.717) is 13.0 Å². The Morgan fingerprint density at radius 2 is 2.00 bits per heavy atom. The first-order valence-corrected chi connectivity index (χ1v) is 9.66. The van der Waals surface area contributed by atoms with Gasteiger partial charge in [0.15, 0.2) is 5.96 Å². The summed E-state index contributed by atoms with van der Waals surface area (Å²) in [6.07, 6.45) is 4.86. The summed E-state index contributed by atoms with van der Waals surface area (Å²) in [5.74, 6) is 1.03. The van der Waals surface area contributed by atoms with Gasteiger partial charge in [0.05, 0.1) is 0 Å². The first-order valence-electron chi connectivity index (χ1n) is 9.66. The van der Waals surface area contributed by atoms with E-state index in [2.05, 4.69) is 27.8 Å². The van der Waals surface area contributed by atoms with E-state index in [1.54, 1.807) is 7.05 Å². The van der Waals surface area contributed by atoms with Crippen LogP contribution in [0.25, 0.3) is 0 Å². The zero-order chi connectivity index (χ0) is 18.6. The zero-order valence-corrected chi connectivity index (χ0v) is 16.1. The van der Waals surface area contributed by atoms with Crippen LogP contribution in [0.1, 0.15) is 44.6 Å². The van der Waals surface area contributed by atoms with Crippen LogP contribution in [0.5, 0.6) is 0 Å². The molecule has 0 radical (unpaired) electrons. The van der Waals surface area contributed by atoms with Gasteiger partial charge in [-0.25, -0.2) is 0 Å². The van der Waals surface area contributed by atoms with Crippen molar-refractivity contribution in [2.45, 2.75) is 45.6 Å². The van der Waals surface area contributed by atoms with Crippen LogP contribution in [0.2, 0.25) is 0 Å². The fraction of sp³-hybridized carbons (Fsp3) is 0.600.